The Hall–Kier alpha value is -0.910. The standard InChI is InChI=1S/C14H24N2O2S/c1-3-4-8-14(10-15)16-19(17,18)11-13-7-5-6-12(2)9-13/h5-7,9,14,16H,3-4,8,10-11,15H2,1-2H3. The van der Waals surface area contributed by atoms with E-state index in [1.807, 2.05) is 31.2 Å². The van der Waals surface area contributed by atoms with Gasteiger partial charge in [-0.25, -0.2) is 13.1 Å². The van der Waals surface area contributed by atoms with Gasteiger partial charge in [-0.1, -0.05) is 49.6 Å². The lowest BCUT2D eigenvalue weighted by molar-refractivity contribution is 0.516. The molecule has 0 saturated heterocycles. The molecule has 0 heterocycles. The maximum absolute atomic E-state index is 12.1. The summed E-state index contributed by atoms with van der Waals surface area (Å²) in [6.07, 6.45) is 2.81. The van der Waals surface area contributed by atoms with Crippen molar-refractivity contribution in [2.24, 2.45) is 5.73 Å². The molecule has 108 valence electrons. The first-order chi connectivity index (χ1) is 8.96. The number of hydrogen-bond acceptors (Lipinski definition) is 3. The number of benzene rings is 1. The normalized spacial score (nSPS) is 13.4. The Labute approximate surface area is 116 Å². The molecule has 0 radical (unpaired) electrons. The number of nitrogens with one attached hydrogen (secondary N) is 1. The molecule has 1 unspecified atom stereocenters. The third-order valence-corrected chi connectivity index (χ3v) is 4.38. The SMILES string of the molecule is CCCCC(CN)NS(=O)(=O)Cc1cccc(C)c1. The zero-order chi connectivity index (χ0) is 14.3. The van der Waals surface area contributed by atoms with Gasteiger partial charge in [-0.05, 0) is 18.9 Å². The molecule has 0 fully saturated rings. The summed E-state index contributed by atoms with van der Waals surface area (Å²) in [6, 6.07) is 7.39. The smallest absolute Gasteiger partial charge is 0.216 e. The Morgan fingerprint density at radius 3 is 2.68 bits per heavy atom. The molecule has 1 aromatic carbocycles. The molecule has 3 N–H and O–H groups in total. The van der Waals surface area contributed by atoms with Gasteiger partial charge >= 0.3 is 0 Å². The highest BCUT2D eigenvalue weighted by Gasteiger charge is 2.17. The highest BCUT2D eigenvalue weighted by Crippen LogP contribution is 2.09. The summed E-state index contributed by atoms with van der Waals surface area (Å²) >= 11 is 0. The highest BCUT2D eigenvalue weighted by molar-refractivity contribution is 7.88. The van der Waals surface area contributed by atoms with Crippen LogP contribution in [0.2, 0.25) is 0 Å². The van der Waals surface area contributed by atoms with Crippen LogP contribution in [0.25, 0.3) is 0 Å². The van der Waals surface area contributed by atoms with Gasteiger partial charge < -0.3 is 5.73 Å². The number of nitrogens with two attached hydrogens (primary N) is 1. The zero-order valence-corrected chi connectivity index (χ0v) is 12.5. The first kappa shape index (κ1) is 16.1. The maximum Gasteiger partial charge on any atom is 0.216 e. The average Bonchev–Trinajstić information content (AvgIpc) is 2.33. The topological polar surface area (TPSA) is 72.2 Å². The summed E-state index contributed by atoms with van der Waals surface area (Å²) in [4.78, 5) is 0. The van der Waals surface area contributed by atoms with Crippen molar-refractivity contribution in [3.05, 3.63) is 35.4 Å². The molecule has 0 saturated carbocycles. The molecule has 0 aliphatic rings. The van der Waals surface area contributed by atoms with Crippen LogP contribution in [-0.4, -0.2) is 21.0 Å². The summed E-state index contributed by atoms with van der Waals surface area (Å²) in [5.41, 5.74) is 7.48. The predicted octanol–water partition coefficient (Wildman–Crippen LogP) is 1.93. The van der Waals surface area contributed by atoms with E-state index in [1.54, 1.807) is 0 Å². The van der Waals surface area contributed by atoms with E-state index in [1.165, 1.54) is 0 Å². The largest absolute Gasteiger partial charge is 0.329 e. The first-order valence-electron chi connectivity index (χ1n) is 6.72. The second-order valence-corrected chi connectivity index (χ2v) is 6.69. The van der Waals surface area contributed by atoms with Crippen molar-refractivity contribution in [1.82, 2.24) is 4.72 Å². The number of rotatable bonds is 8. The van der Waals surface area contributed by atoms with Crippen LogP contribution in [0.3, 0.4) is 0 Å². The van der Waals surface area contributed by atoms with Crippen LogP contribution in [0, 0.1) is 6.92 Å². The van der Waals surface area contributed by atoms with Gasteiger partial charge in [-0.2, -0.15) is 0 Å². The average molecular weight is 284 g/mol. The summed E-state index contributed by atoms with van der Waals surface area (Å²) in [6.45, 7) is 4.37. The Morgan fingerprint density at radius 1 is 1.37 bits per heavy atom. The van der Waals surface area contributed by atoms with Crippen LogP contribution in [0.15, 0.2) is 24.3 Å². The molecule has 0 aliphatic carbocycles. The van der Waals surface area contributed by atoms with Gasteiger partial charge in [0, 0.05) is 12.6 Å². The van der Waals surface area contributed by atoms with E-state index in [0.717, 1.165) is 30.4 Å². The van der Waals surface area contributed by atoms with Gasteiger partial charge in [0.2, 0.25) is 10.0 Å². The fourth-order valence-electron chi connectivity index (χ4n) is 1.99. The molecule has 1 atom stereocenters. The minimum Gasteiger partial charge on any atom is -0.329 e. The third kappa shape index (κ3) is 6.18. The molecule has 1 aromatic rings. The lowest BCUT2D eigenvalue weighted by Crippen LogP contribution is -2.40. The quantitative estimate of drug-likeness (QED) is 0.766. The number of hydrogen-bond donors (Lipinski definition) is 2. The highest BCUT2D eigenvalue weighted by atomic mass is 32.2. The minimum atomic E-state index is -3.32. The minimum absolute atomic E-state index is 0.0112. The molecule has 19 heavy (non-hydrogen) atoms. The second-order valence-electron chi connectivity index (χ2n) is 4.94. The first-order valence-corrected chi connectivity index (χ1v) is 8.37. The molecular formula is C14H24N2O2S. The second kappa shape index (κ2) is 7.62. The summed E-state index contributed by atoms with van der Waals surface area (Å²) in [5, 5.41) is 0. The third-order valence-electron chi connectivity index (χ3n) is 2.98. The fourth-order valence-corrected chi connectivity index (χ4v) is 3.42. The van der Waals surface area contributed by atoms with Gasteiger partial charge in [-0.3, -0.25) is 0 Å². The van der Waals surface area contributed by atoms with Crippen molar-refractivity contribution in [1.29, 1.82) is 0 Å². The van der Waals surface area contributed by atoms with Crippen molar-refractivity contribution in [3.8, 4) is 0 Å². The van der Waals surface area contributed by atoms with Crippen molar-refractivity contribution < 1.29 is 8.42 Å². The Bertz CT molecular complexity index is 486. The van der Waals surface area contributed by atoms with Crippen molar-refractivity contribution in [3.63, 3.8) is 0 Å². The fraction of sp³-hybridized carbons (Fsp3) is 0.571. The Kier molecular flexibility index (Phi) is 6.48. The van der Waals surface area contributed by atoms with Crippen molar-refractivity contribution >= 4 is 10.0 Å². The molecule has 1 rings (SSSR count). The van der Waals surface area contributed by atoms with E-state index >= 15 is 0 Å². The summed E-state index contributed by atoms with van der Waals surface area (Å²) in [7, 11) is -3.32. The molecule has 5 heteroatoms. The molecule has 0 aromatic heterocycles. The van der Waals surface area contributed by atoms with E-state index in [-0.39, 0.29) is 11.8 Å². The van der Waals surface area contributed by atoms with Gasteiger partial charge in [0.25, 0.3) is 0 Å². The van der Waals surface area contributed by atoms with Crippen molar-refractivity contribution in [2.45, 2.75) is 44.9 Å². The van der Waals surface area contributed by atoms with Crippen molar-refractivity contribution in [2.75, 3.05) is 6.54 Å². The van der Waals surface area contributed by atoms with E-state index < -0.39 is 10.0 Å². The Balaban J connectivity index is 2.65. The predicted molar refractivity (Wildman–Crippen MR) is 79.3 cm³/mol. The summed E-state index contributed by atoms with van der Waals surface area (Å²) < 4.78 is 26.8. The van der Waals surface area contributed by atoms with Crippen LogP contribution in [-0.2, 0) is 15.8 Å². The van der Waals surface area contributed by atoms with E-state index in [9.17, 15) is 8.42 Å². The molecule has 0 amide bonds. The molecule has 0 bridgehead atoms. The van der Waals surface area contributed by atoms with Crippen LogP contribution in [0.1, 0.15) is 37.3 Å². The van der Waals surface area contributed by atoms with Crippen LogP contribution in [0.5, 0.6) is 0 Å². The van der Waals surface area contributed by atoms with E-state index in [0.29, 0.717) is 6.54 Å². The van der Waals surface area contributed by atoms with E-state index in [2.05, 4.69) is 11.6 Å². The Morgan fingerprint density at radius 2 is 2.11 bits per heavy atom. The number of sulfonamides is 1. The monoisotopic (exact) mass is 284 g/mol. The van der Waals surface area contributed by atoms with Gasteiger partial charge in [0.15, 0.2) is 0 Å². The number of aryl methyl sites for hydroxylation is 1. The van der Waals surface area contributed by atoms with Gasteiger partial charge in [0.1, 0.15) is 0 Å². The lowest BCUT2D eigenvalue weighted by Gasteiger charge is -2.16. The van der Waals surface area contributed by atoms with Gasteiger partial charge in [-0.15, -0.1) is 0 Å². The zero-order valence-electron chi connectivity index (χ0n) is 11.7. The molecule has 0 aliphatic heterocycles. The molecule has 4 nitrogen and oxygen atoms in total. The van der Waals surface area contributed by atoms with Crippen LogP contribution >= 0.6 is 0 Å². The summed E-state index contributed by atoms with van der Waals surface area (Å²) in [5.74, 6) is 0.0112. The van der Waals surface area contributed by atoms with E-state index in [4.69, 9.17) is 5.73 Å². The van der Waals surface area contributed by atoms with Gasteiger partial charge in [0.05, 0.1) is 5.75 Å². The molecular weight excluding hydrogens is 260 g/mol. The maximum atomic E-state index is 12.1. The van der Waals surface area contributed by atoms with Crippen LogP contribution < -0.4 is 10.5 Å². The van der Waals surface area contributed by atoms with Crippen LogP contribution in [0.4, 0.5) is 0 Å². The molecule has 0 spiro atoms. The lowest BCUT2D eigenvalue weighted by atomic mass is 10.1. The number of unbranched alkanes of at least 4 members (excludes halogenated alkanes) is 1.